The van der Waals surface area contributed by atoms with Crippen molar-refractivity contribution in [3.05, 3.63) is 76.8 Å². The Bertz CT molecular complexity index is 1420. The number of aromatic hydroxyl groups is 1. The summed E-state index contributed by atoms with van der Waals surface area (Å²) in [5.41, 5.74) is 9.35. The van der Waals surface area contributed by atoms with E-state index in [9.17, 15) is 9.90 Å². The van der Waals surface area contributed by atoms with Gasteiger partial charge in [0.15, 0.2) is 0 Å². The van der Waals surface area contributed by atoms with Gasteiger partial charge in [-0.05, 0) is 31.2 Å². The summed E-state index contributed by atoms with van der Waals surface area (Å²) in [7, 11) is 1.82. The SMILES string of the molecule is Cc1c(-n2cc(O)c(-c3nc4ccccc4s3)c2N)c(=O)n(-c2ccccc2)n1C. The molecule has 3 aromatic heterocycles. The molecule has 7 nitrogen and oxygen atoms in total. The van der Waals surface area contributed by atoms with Crippen LogP contribution in [0.2, 0.25) is 0 Å². The van der Waals surface area contributed by atoms with Crippen molar-refractivity contribution in [1.82, 2.24) is 18.9 Å². The molecule has 0 bridgehead atoms. The van der Waals surface area contributed by atoms with E-state index in [-0.39, 0.29) is 17.1 Å². The molecule has 2 aromatic carbocycles. The lowest BCUT2D eigenvalue weighted by molar-refractivity contribution is 0.477. The summed E-state index contributed by atoms with van der Waals surface area (Å²) in [6, 6.07) is 17.1. The zero-order valence-electron chi connectivity index (χ0n) is 16.4. The normalized spacial score (nSPS) is 11.4. The van der Waals surface area contributed by atoms with Gasteiger partial charge in [0, 0.05) is 7.05 Å². The van der Waals surface area contributed by atoms with E-state index in [1.54, 1.807) is 13.9 Å². The van der Waals surface area contributed by atoms with Crippen LogP contribution in [-0.2, 0) is 7.05 Å². The molecule has 0 spiro atoms. The van der Waals surface area contributed by atoms with E-state index in [0.29, 0.717) is 16.3 Å². The van der Waals surface area contributed by atoms with Crippen LogP contribution in [0.15, 0.2) is 65.6 Å². The number of hydrogen-bond donors (Lipinski definition) is 2. The second kappa shape index (κ2) is 6.64. The van der Waals surface area contributed by atoms with Gasteiger partial charge < -0.3 is 10.8 Å². The summed E-state index contributed by atoms with van der Waals surface area (Å²) in [6.07, 6.45) is 1.48. The van der Waals surface area contributed by atoms with Gasteiger partial charge in [0.25, 0.3) is 5.56 Å². The van der Waals surface area contributed by atoms with Crippen LogP contribution < -0.4 is 11.3 Å². The Morgan fingerprint density at radius 1 is 1.07 bits per heavy atom. The Labute approximate surface area is 175 Å². The highest BCUT2D eigenvalue weighted by Crippen LogP contribution is 2.41. The van der Waals surface area contributed by atoms with Crippen molar-refractivity contribution in [2.24, 2.45) is 7.05 Å². The highest BCUT2D eigenvalue weighted by Gasteiger charge is 2.24. The Morgan fingerprint density at radius 2 is 1.77 bits per heavy atom. The molecule has 0 aliphatic heterocycles. The topological polar surface area (TPSA) is 91.0 Å². The number of nitrogens with two attached hydrogens (primary N) is 1. The monoisotopic (exact) mass is 417 g/mol. The van der Waals surface area contributed by atoms with Gasteiger partial charge >= 0.3 is 0 Å². The molecular formula is C22H19N5O2S. The minimum absolute atomic E-state index is 0.0135. The summed E-state index contributed by atoms with van der Waals surface area (Å²) >= 11 is 1.45. The first-order valence-electron chi connectivity index (χ1n) is 9.37. The first kappa shape index (κ1) is 18.3. The quantitative estimate of drug-likeness (QED) is 0.467. The van der Waals surface area contributed by atoms with Gasteiger partial charge in [-0.1, -0.05) is 30.3 Å². The van der Waals surface area contributed by atoms with Gasteiger partial charge in [-0.3, -0.25) is 14.0 Å². The number of rotatable bonds is 3. The minimum Gasteiger partial charge on any atom is -0.506 e. The van der Waals surface area contributed by atoms with Crippen molar-refractivity contribution >= 4 is 27.4 Å². The zero-order chi connectivity index (χ0) is 21.0. The van der Waals surface area contributed by atoms with E-state index in [1.807, 2.05) is 68.6 Å². The van der Waals surface area contributed by atoms with Crippen LogP contribution >= 0.6 is 11.3 Å². The average Bonchev–Trinajstić information content (AvgIpc) is 3.35. The number of aromatic nitrogens is 4. The predicted molar refractivity (Wildman–Crippen MR) is 120 cm³/mol. The van der Waals surface area contributed by atoms with Crippen LogP contribution in [0.4, 0.5) is 5.82 Å². The molecule has 3 N–H and O–H groups in total. The van der Waals surface area contributed by atoms with Crippen molar-refractivity contribution in [3.8, 4) is 27.7 Å². The second-order valence-electron chi connectivity index (χ2n) is 7.04. The predicted octanol–water partition coefficient (Wildman–Crippen LogP) is 3.84. The third-order valence-corrected chi connectivity index (χ3v) is 6.35. The van der Waals surface area contributed by atoms with Gasteiger partial charge in [-0.2, -0.15) is 0 Å². The first-order chi connectivity index (χ1) is 14.5. The number of thiazole rings is 1. The Balaban J connectivity index is 1.72. The van der Waals surface area contributed by atoms with Crippen molar-refractivity contribution in [3.63, 3.8) is 0 Å². The number of fused-ring (bicyclic) bond motifs is 1. The van der Waals surface area contributed by atoms with Gasteiger partial charge in [-0.15, -0.1) is 11.3 Å². The highest BCUT2D eigenvalue weighted by molar-refractivity contribution is 7.21. The molecule has 30 heavy (non-hydrogen) atoms. The van der Waals surface area contributed by atoms with Crippen LogP contribution in [-0.4, -0.2) is 24.0 Å². The molecular weight excluding hydrogens is 398 g/mol. The number of nitrogen functional groups attached to an aromatic ring is 1. The fourth-order valence-electron chi connectivity index (χ4n) is 3.72. The molecule has 0 atom stereocenters. The van der Waals surface area contributed by atoms with Crippen LogP contribution in [0.5, 0.6) is 5.75 Å². The summed E-state index contributed by atoms with van der Waals surface area (Å²) in [4.78, 5) is 17.9. The molecule has 0 saturated heterocycles. The first-order valence-corrected chi connectivity index (χ1v) is 10.2. The van der Waals surface area contributed by atoms with Crippen molar-refractivity contribution in [2.45, 2.75) is 6.92 Å². The Morgan fingerprint density at radius 3 is 2.50 bits per heavy atom. The van der Waals surface area contributed by atoms with Gasteiger partial charge in [-0.25, -0.2) is 9.67 Å². The average molecular weight is 417 g/mol. The van der Waals surface area contributed by atoms with Gasteiger partial charge in [0.05, 0.1) is 33.4 Å². The van der Waals surface area contributed by atoms with E-state index in [1.165, 1.54) is 17.5 Å². The number of nitrogens with zero attached hydrogens (tertiary/aromatic N) is 4. The summed E-state index contributed by atoms with van der Waals surface area (Å²) in [5, 5.41) is 11.3. The highest BCUT2D eigenvalue weighted by atomic mass is 32.1. The molecule has 0 aliphatic rings. The maximum Gasteiger partial charge on any atom is 0.295 e. The zero-order valence-corrected chi connectivity index (χ0v) is 17.2. The minimum atomic E-state index is -0.223. The molecule has 3 heterocycles. The molecule has 0 amide bonds. The standard InChI is InChI=1S/C22H19N5O2S/c1-13-19(22(29)27(25(13)2)14-8-4-3-5-9-14)26-12-16(28)18(20(26)23)21-24-15-10-6-7-11-17(15)30-21/h3-12,28H,23H2,1-2H3. The van der Waals surface area contributed by atoms with Crippen LogP contribution in [0, 0.1) is 6.92 Å². The molecule has 0 unspecified atom stereocenters. The number of anilines is 1. The summed E-state index contributed by atoms with van der Waals surface area (Å²) < 4.78 is 5.91. The van der Waals surface area contributed by atoms with E-state index in [2.05, 4.69) is 4.98 Å². The molecule has 5 aromatic rings. The Hall–Kier alpha value is -3.78. The fourth-order valence-corrected chi connectivity index (χ4v) is 4.75. The fraction of sp³-hybridized carbons (Fsp3) is 0.0909. The van der Waals surface area contributed by atoms with Crippen molar-refractivity contribution in [2.75, 3.05) is 5.73 Å². The van der Waals surface area contributed by atoms with E-state index in [0.717, 1.165) is 21.6 Å². The van der Waals surface area contributed by atoms with E-state index < -0.39 is 0 Å². The molecule has 150 valence electrons. The lowest BCUT2D eigenvalue weighted by Crippen LogP contribution is -2.21. The number of para-hydroxylation sites is 2. The summed E-state index contributed by atoms with van der Waals surface area (Å²) in [5.74, 6) is 0.262. The number of benzene rings is 2. The molecule has 0 aliphatic carbocycles. The third-order valence-electron chi connectivity index (χ3n) is 5.30. The molecule has 8 heteroatoms. The molecule has 0 fully saturated rings. The van der Waals surface area contributed by atoms with Crippen LogP contribution in [0.1, 0.15) is 5.69 Å². The molecule has 5 rings (SSSR count). The van der Waals surface area contributed by atoms with E-state index in [4.69, 9.17) is 5.73 Å². The van der Waals surface area contributed by atoms with Crippen LogP contribution in [0.25, 0.3) is 32.2 Å². The smallest absolute Gasteiger partial charge is 0.295 e. The Kier molecular flexibility index (Phi) is 4.04. The van der Waals surface area contributed by atoms with Gasteiger partial charge in [0.1, 0.15) is 22.3 Å². The van der Waals surface area contributed by atoms with Gasteiger partial charge in [0.2, 0.25) is 0 Å². The maximum absolute atomic E-state index is 13.3. The summed E-state index contributed by atoms with van der Waals surface area (Å²) in [6.45, 7) is 1.85. The lowest BCUT2D eigenvalue weighted by Gasteiger charge is -2.07. The molecule has 0 saturated carbocycles. The second-order valence-corrected chi connectivity index (χ2v) is 8.07. The maximum atomic E-state index is 13.3. The third kappa shape index (κ3) is 2.57. The lowest BCUT2D eigenvalue weighted by atomic mass is 10.3. The van der Waals surface area contributed by atoms with Crippen molar-refractivity contribution in [1.29, 1.82) is 0 Å². The largest absolute Gasteiger partial charge is 0.506 e. The number of hydrogen-bond acceptors (Lipinski definition) is 5. The molecule has 0 radical (unpaired) electrons. The van der Waals surface area contributed by atoms with E-state index >= 15 is 0 Å². The van der Waals surface area contributed by atoms with Crippen molar-refractivity contribution < 1.29 is 5.11 Å². The van der Waals surface area contributed by atoms with Crippen LogP contribution in [0.3, 0.4) is 0 Å².